The summed E-state index contributed by atoms with van der Waals surface area (Å²) in [7, 11) is 0. The smallest absolute Gasteiger partial charge is 0.251 e. The maximum atomic E-state index is 12.6. The Morgan fingerprint density at radius 2 is 1.89 bits per heavy atom. The normalized spacial score (nSPS) is 12.2. The molecule has 1 amide bonds. The molecule has 27 heavy (non-hydrogen) atoms. The molecule has 1 N–H and O–H groups in total. The summed E-state index contributed by atoms with van der Waals surface area (Å²) in [5.74, 6) is -0.0339. The first kappa shape index (κ1) is 17.5. The highest BCUT2D eigenvalue weighted by molar-refractivity contribution is 7.20. The summed E-state index contributed by atoms with van der Waals surface area (Å²) in [4.78, 5) is 17.2. The van der Waals surface area contributed by atoms with Gasteiger partial charge in [0.05, 0.1) is 10.2 Å². The van der Waals surface area contributed by atoms with Gasteiger partial charge in [-0.2, -0.15) is 0 Å². The van der Waals surface area contributed by atoms with Crippen molar-refractivity contribution in [3.05, 3.63) is 84.2 Å². The number of carbonyl (C=O) groups is 1. The van der Waals surface area contributed by atoms with Gasteiger partial charge in [-0.1, -0.05) is 41.7 Å². The minimum Gasteiger partial charge on any atom is -0.350 e. The first-order valence-electron chi connectivity index (χ1n) is 9.08. The maximum absolute atomic E-state index is 12.6. The predicted molar refractivity (Wildman–Crippen MR) is 111 cm³/mol. The van der Waals surface area contributed by atoms with Crippen LogP contribution in [-0.2, 0) is 6.42 Å². The Labute approximate surface area is 162 Å². The molecule has 0 saturated carbocycles. The van der Waals surface area contributed by atoms with Gasteiger partial charge in [0.2, 0.25) is 0 Å². The fourth-order valence-electron chi connectivity index (χ4n) is 3.03. The predicted octanol–water partition coefficient (Wildman–Crippen LogP) is 4.84. The number of carbonyl (C=O) groups excluding carboxylic acids is 1. The molecule has 0 aliphatic rings. The zero-order valence-electron chi connectivity index (χ0n) is 15.1. The third-order valence-electron chi connectivity index (χ3n) is 4.55. The number of hydrogen-bond acceptors (Lipinski definition) is 3. The fraction of sp³-hybridized carbons (Fsp3) is 0.182. The number of fused-ring (bicyclic) bond motifs is 1. The Morgan fingerprint density at radius 3 is 2.67 bits per heavy atom. The molecule has 4 aromatic rings. The van der Waals surface area contributed by atoms with E-state index in [2.05, 4.69) is 29.4 Å². The number of nitrogens with zero attached hydrogens (tertiary/aromatic N) is 2. The van der Waals surface area contributed by atoms with Crippen LogP contribution in [0.2, 0.25) is 0 Å². The van der Waals surface area contributed by atoms with E-state index in [0.29, 0.717) is 5.56 Å². The first-order chi connectivity index (χ1) is 13.2. The summed E-state index contributed by atoms with van der Waals surface area (Å²) in [5.41, 5.74) is 2.89. The molecule has 0 saturated heterocycles. The van der Waals surface area contributed by atoms with Gasteiger partial charge in [0, 0.05) is 24.0 Å². The van der Waals surface area contributed by atoms with Gasteiger partial charge in [-0.25, -0.2) is 4.98 Å². The maximum Gasteiger partial charge on any atom is 0.251 e. The molecule has 0 aliphatic carbocycles. The van der Waals surface area contributed by atoms with Crippen LogP contribution in [0.25, 0.3) is 15.3 Å². The molecule has 2 aromatic carbocycles. The lowest BCUT2D eigenvalue weighted by Crippen LogP contribution is -2.32. The lowest BCUT2D eigenvalue weighted by molar-refractivity contribution is 0.0938. The number of benzene rings is 2. The summed E-state index contributed by atoms with van der Waals surface area (Å²) in [6, 6.07) is 20.1. The first-order valence-corrected chi connectivity index (χ1v) is 9.89. The number of rotatable bonds is 6. The Morgan fingerprint density at radius 1 is 1.11 bits per heavy atom. The molecule has 0 radical (unpaired) electrons. The SMILES string of the molecule is C[C@H](CCc1ccccc1)NC(=O)c1ccc2nc(-n3cccc3)sc2c1. The summed E-state index contributed by atoms with van der Waals surface area (Å²) < 4.78 is 3.00. The van der Waals surface area contributed by atoms with Crippen LogP contribution in [0.1, 0.15) is 29.3 Å². The van der Waals surface area contributed by atoms with Crippen molar-refractivity contribution >= 4 is 27.5 Å². The summed E-state index contributed by atoms with van der Waals surface area (Å²) >= 11 is 1.58. The minimum atomic E-state index is -0.0339. The van der Waals surface area contributed by atoms with Crippen LogP contribution >= 0.6 is 11.3 Å². The summed E-state index contributed by atoms with van der Waals surface area (Å²) in [5, 5.41) is 4.01. The standard InChI is InChI=1S/C22H21N3OS/c1-16(9-10-17-7-3-2-4-8-17)23-21(26)18-11-12-19-20(15-18)27-22(24-19)25-13-5-6-14-25/h2-8,11-16H,9-10H2,1H3,(H,23,26)/t16-/m1/s1. The number of hydrogen-bond donors (Lipinski definition) is 1. The van der Waals surface area contributed by atoms with E-state index in [4.69, 9.17) is 0 Å². The molecule has 5 heteroatoms. The molecule has 1 atom stereocenters. The van der Waals surface area contributed by atoms with Crippen molar-refractivity contribution in [2.45, 2.75) is 25.8 Å². The molecule has 0 bridgehead atoms. The van der Waals surface area contributed by atoms with Gasteiger partial charge < -0.3 is 9.88 Å². The molecule has 0 fully saturated rings. The van der Waals surface area contributed by atoms with Gasteiger partial charge in [-0.15, -0.1) is 0 Å². The Bertz CT molecular complexity index is 1040. The van der Waals surface area contributed by atoms with Crippen molar-refractivity contribution in [1.29, 1.82) is 0 Å². The minimum absolute atomic E-state index is 0.0339. The topological polar surface area (TPSA) is 46.9 Å². The fourth-order valence-corrected chi connectivity index (χ4v) is 4.01. The Balaban J connectivity index is 1.42. The molecule has 0 spiro atoms. The Kier molecular flexibility index (Phi) is 5.03. The zero-order valence-corrected chi connectivity index (χ0v) is 15.9. The van der Waals surface area contributed by atoms with Crippen molar-refractivity contribution in [2.75, 3.05) is 0 Å². The van der Waals surface area contributed by atoms with Crippen molar-refractivity contribution < 1.29 is 4.79 Å². The van der Waals surface area contributed by atoms with Crippen LogP contribution in [0.15, 0.2) is 73.1 Å². The van der Waals surface area contributed by atoms with Crippen LogP contribution in [0.4, 0.5) is 0 Å². The van der Waals surface area contributed by atoms with E-state index in [9.17, 15) is 4.79 Å². The molecule has 0 unspecified atom stereocenters. The van der Waals surface area contributed by atoms with E-state index < -0.39 is 0 Å². The quantitative estimate of drug-likeness (QED) is 0.524. The highest BCUT2D eigenvalue weighted by atomic mass is 32.1. The van der Waals surface area contributed by atoms with E-state index in [1.807, 2.05) is 65.5 Å². The number of thiazole rings is 1. The monoisotopic (exact) mass is 375 g/mol. The largest absolute Gasteiger partial charge is 0.350 e. The summed E-state index contributed by atoms with van der Waals surface area (Å²) in [6.45, 7) is 2.05. The number of aromatic nitrogens is 2. The molecule has 4 nitrogen and oxygen atoms in total. The number of aryl methyl sites for hydroxylation is 1. The van der Waals surface area contributed by atoms with E-state index in [1.54, 1.807) is 11.3 Å². The van der Waals surface area contributed by atoms with Crippen LogP contribution < -0.4 is 5.32 Å². The second-order valence-corrected chi connectivity index (χ2v) is 7.68. The molecule has 2 aromatic heterocycles. The highest BCUT2D eigenvalue weighted by Crippen LogP contribution is 2.26. The van der Waals surface area contributed by atoms with Crippen molar-refractivity contribution in [3.8, 4) is 5.13 Å². The third kappa shape index (κ3) is 4.09. The zero-order chi connectivity index (χ0) is 18.6. The van der Waals surface area contributed by atoms with E-state index >= 15 is 0 Å². The van der Waals surface area contributed by atoms with Gasteiger partial charge in [0.25, 0.3) is 5.91 Å². The number of nitrogens with one attached hydrogen (secondary N) is 1. The molecule has 4 rings (SSSR count). The van der Waals surface area contributed by atoms with Gasteiger partial charge in [-0.3, -0.25) is 4.79 Å². The van der Waals surface area contributed by atoms with Crippen LogP contribution in [0.5, 0.6) is 0 Å². The van der Waals surface area contributed by atoms with Crippen LogP contribution in [0, 0.1) is 0 Å². The third-order valence-corrected chi connectivity index (χ3v) is 5.58. The second-order valence-electron chi connectivity index (χ2n) is 6.67. The average Bonchev–Trinajstić information content (AvgIpc) is 3.35. The molecular formula is C22H21N3OS. The summed E-state index contributed by atoms with van der Waals surface area (Å²) in [6.07, 6.45) is 5.81. The van der Waals surface area contributed by atoms with E-state index in [-0.39, 0.29) is 11.9 Å². The highest BCUT2D eigenvalue weighted by Gasteiger charge is 2.12. The van der Waals surface area contributed by atoms with E-state index in [0.717, 1.165) is 28.2 Å². The van der Waals surface area contributed by atoms with Gasteiger partial charge in [0.15, 0.2) is 5.13 Å². The molecule has 2 heterocycles. The molecule has 136 valence electrons. The van der Waals surface area contributed by atoms with Crippen LogP contribution in [-0.4, -0.2) is 21.5 Å². The Hall–Kier alpha value is -2.92. The van der Waals surface area contributed by atoms with E-state index in [1.165, 1.54) is 5.56 Å². The van der Waals surface area contributed by atoms with Crippen molar-refractivity contribution in [1.82, 2.24) is 14.9 Å². The van der Waals surface area contributed by atoms with Crippen molar-refractivity contribution in [3.63, 3.8) is 0 Å². The van der Waals surface area contributed by atoms with Gasteiger partial charge in [-0.05, 0) is 55.7 Å². The molecule has 0 aliphatic heterocycles. The lowest BCUT2D eigenvalue weighted by Gasteiger charge is -2.14. The average molecular weight is 375 g/mol. The number of amides is 1. The lowest BCUT2D eigenvalue weighted by atomic mass is 10.1. The van der Waals surface area contributed by atoms with Gasteiger partial charge in [0.1, 0.15) is 0 Å². The van der Waals surface area contributed by atoms with Gasteiger partial charge >= 0.3 is 0 Å². The van der Waals surface area contributed by atoms with Crippen LogP contribution in [0.3, 0.4) is 0 Å². The molecular weight excluding hydrogens is 354 g/mol. The van der Waals surface area contributed by atoms with Crippen molar-refractivity contribution in [2.24, 2.45) is 0 Å². The second kappa shape index (κ2) is 7.76.